The van der Waals surface area contributed by atoms with Gasteiger partial charge >= 0.3 is 17.9 Å². The van der Waals surface area contributed by atoms with E-state index in [1.165, 1.54) is 0 Å². The van der Waals surface area contributed by atoms with Crippen molar-refractivity contribution >= 4 is 17.9 Å². The van der Waals surface area contributed by atoms with Crippen LogP contribution in [0.15, 0.2) is 0 Å². The van der Waals surface area contributed by atoms with Crippen molar-refractivity contribution in [1.82, 2.24) is 0 Å². The van der Waals surface area contributed by atoms with Gasteiger partial charge in [-0.25, -0.2) is 0 Å². The second-order valence-corrected chi connectivity index (χ2v) is 11.9. The lowest BCUT2D eigenvalue weighted by Gasteiger charge is -2.26. The summed E-state index contributed by atoms with van der Waals surface area (Å²) >= 11 is 0. The lowest BCUT2D eigenvalue weighted by atomic mass is 9.89. The molecule has 0 saturated carbocycles. The first kappa shape index (κ1) is 30.4. The molecule has 6 nitrogen and oxygen atoms in total. The van der Waals surface area contributed by atoms with Crippen LogP contribution in [-0.4, -0.2) is 34.7 Å². The number of rotatable bonds is 12. The van der Waals surface area contributed by atoms with Crippen LogP contribution in [0.3, 0.4) is 0 Å². The van der Waals surface area contributed by atoms with Gasteiger partial charge in [-0.05, 0) is 81.1 Å². The van der Waals surface area contributed by atoms with E-state index in [2.05, 4.69) is 6.92 Å². The molecule has 188 valence electrons. The highest BCUT2D eigenvalue weighted by atomic mass is 16.6. The number of unbranched alkanes of at least 4 members (excludes halogenated alkanes) is 3. The summed E-state index contributed by atoms with van der Waals surface area (Å²) in [4.78, 5) is 36.8. The summed E-state index contributed by atoms with van der Waals surface area (Å²) < 4.78 is 16.3. The molecule has 0 aromatic heterocycles. The van der Waals surface area contributed by atoms with Gasteiger partial charge in [0, 0.05) is 6.42 Å². The Morgan fingerprint density at radius 2 is 1.12 bits per heavy atom. The molecule has 0 aliphatic carbocycles. The molecule has 0 radical (unpaired) electrons. The molecule has 0 amide bonds. The van der Waals surface area contributed by atoms with Crippen LogP contribution in [-0.2, 0) is 28.6 Å². The summed E-state index contributed by atoms with van der Waals surface area (Å²) in [5.74, 6) is -1.09. The molecule has 0 bridgehead atoms. The SMILES string of the molecule is CC(CCCCCCC(=O)OC(C)(C)C)CC(CC(=O)OC(C)(C)C)C(=O)OC(C)(C)C. The smallest absolute Gasteiger partial charge is 0.310 e. The van der Waals surface area contributed by atoms with E-state index in [9.17, 15) is 14.4 Å². The molecule has 32 heavy (non-hydrogen) atoms. The van der Waals surface area contributed by atoms with Crippen molar-refractivity contribution in [3.63, 3.8) is 0 Å². The average molecular weight is 457 g/mol. The fourth-order valence-corrected chi connectivity index (χ4v) is 3.34. The molecule has 0 aromatic carbocycles. The maximum Gasteiger partial charge on any atom is 0.310 e. The van der Waals surface area contributed by atoms with Gasteiger partial charge in [0.15, 0.2) is 0 Å². The third-order valence-electron chi connectivity index (χ3n) is 4.51. The highest BCUT2D eigenvalue weighted by Gasteiger charge is 2.30. The highest BCUT2D eigenvalue weighted by molar-refractivity contribution is 5.80. The predicted octanol–water partition coefficient (Wildman–Crippen LogP) is 6.38. The molecule has 2 atom stereocenters. The highest BCUT2D eigenvalue weighted by Crippen LogP contribution is 2.25. The summed E-state index contributed by atoms with van der Waals surface area (Å²) in [6, 6.07) is 0. The molecular formula is C26H48O6. The van der Waals surface area contributed by atoms with Crippen LogP contribution < -0.4 is 0 Å². The number of carbonyl (C=O) groups excluding carboxylic acids is 3. The maximum atomic E-state index is 12.7. The van der Waals surface area contributed by atoms with Crippen LogP contribution in [0.5, 0.6) is 0 Å². The lowest BCUT2D eigenvalue weighted by molar-refractivity contribution is -0.168. The van der Waals surface area contributed by atoms with Crippen LogP contribution in [0.2, 0.25) is 0 Å². The maximum absolute atomic E-state index is 12.7. The number of carbonyl (C=O) groups is 3. The van der Waals surface area contributed by atoms with Gasteiger partial charge in [-0.15, -0.1) is 0 Å². The van der Waals surface area contributed by atoms with E-state index < -0.39 is 22.7 Å². The zero-order valence-corrected chi connectivity index (χ0v) is 22.3. The number of esters is 3. The molecule has 0 rings (SSSR count). The lowest BCUT2D eigenvalue weighted by Crippen LogP contribution is -2.32. The Bertz CT molecular complexity index is 589. The summed E-state index contributed by atoms with van der Waals surface area (Å²) in [5.41, 5.74) is -1.61. The Labute approximate surface area is 196 Å². The Morgan fingerprint density at radius 3 is 1.62 bits per heavy atom. The molecule has 0 aliphatic heterocycles. The molecule has 0 N–H and O–H groups in total. The number of hydrogen-bond donors (Lipinski definition) is 0. The molecule has 2 unspecified atom stereocenters. The van der Waals surface area contributed by atoms with E-state index in [1.807, 2.05) is 62.3 Å². The third-order valence-corrected chi connectivity index (χ3v) is 4.51. The largest absolute Gasteiger partial charge is 0.460 e. The summed E-state index contributed by atoms with van der Waals surface area (Å²) in [5, 5.41) is 0. The van der Waals surface area contributed by atoms with Gasteiger partial charge in [-0.1, -0.05) is 32.6 Å². The van der Waals surface area contributed by atoms with Crippen molar-refractivity contribution in [2.24, 2.45) is 11.8 Å². The molecule has 0 saturated heterocycles. The van der Waals surface area contributed by atoms with Gasteiger partial charge in [0.2, 0.25) is 0 Å². The van der Waals surface area contributed by atoms with Gasteiger partial charge in [0.25, 0.3) is 0 Å². The number of ether oxygens (including phenoxy) is 3. The summed E-state index contributed by atoms with van der Waals surface area (Å²) in [6.07, 6.45) is 5.86. The van der Waals surface area contributed by atoms with E-state index >= 15 is 0 Å². The molecule has 6 heteroatoms. The van der Waals surface area contributed by atoms with E-state index in [0.717, 1.165) is 32.1 Å². The van der Waals surface area contributed by atoms with Crippen LogP contribution >= 0.6 is 0 Å². The minimum Gasteiger partial charge on any atom is -0.460 e. The van der Waals surface area contributed by atoms with E-state index in [0.29, 0.717) is 12.8 Å². The van der Waals surface area contributed by atoms with Gasteiger partial charge < -0.3 is 14.2 Å². The van der Waals surface area contributed by atoms with Crippen LogP contribution in [0, 0.1) is 11.8 Å². The van der Waals surface area contributed by atoms with Crippen molar-refractivity contribution in [2.45, 2.75) is 137 Å². The van der Waals surface area contributed by atoms with Crippen molar-refractivity contribution in [1.29, 1.82) is 0 Å². The second kappa shape index (κ2) is 13.2. The van der Waals surface area contributed by atoms with Crippen molar-refractivity contribution in [3.05, 3.63) is 0 Å². The fraction of sp³-hybridized carbons (Fsp3) is 0.885. The minimum atomic E-state index is -0.597. The normalized spacial score (nSPS) is 14.4. The molecule has 0 heterocycles. The monoisotopic (exact) mass is 456 g/mol. The first-order valence-corrected chi connectivity index (χ1v) is 12.0. The van der Waals surface area contributed by atoms with E-state index in [-0.39, 0.29) is 30.2 Å². The van der Waals surface area contributed by atoms with Gasteiger partial charge in [0.05, 0.1) is 12.3 Å². The summed E-state index contributed by atoms with van der Waals surface area (Å²) in [6.45, 7) is 18.7. The van der Waals surface area contributed by atoms with Gasteiger partial charge in [0.1, 0.15) is 16.8 Å². The first-order valence-electron chi connectivity index (χ1n) is 12.0. The fourth-order valence-electron chi connectivity index (χ4n) is 3.34. The Kier molecular flexibility index (Phi) is 12.5. The van der Waals surface area contributed by atoms with Gasteiger partial charge in [-0.2, -0.15) is 0 Å². The molecule has 0 aromatic rings. The summed E-state index contributed by atoms with van der Waals surface area (Å²) in [7, 11) is 0. The van der Waals surface area contributed by atoms with E-state index in [1.54, 1.807) is 0 Å². The zero-order chi connectivity index (χ0) is 25.2. The predicted molar refractivity (Wildman–Crippen MR) is 127 cm³/mol. The molecule has 0 aliphatic rings. The minimum absolute atomic E-state index is 0.0341. The van der Waals surface area contributed by atoms with Crippen molar-refractivity contribution < 1.29 is 28.6 Å². The van der Waals surface area contributed by atoms with Gasteiger partial charge in [-0.3, -0.25) is 14.4 Å². The topological polar surface area (TPSA) is 78.9 Å². The van der Waals surface area contributed by atoms with Crippen molar-refractivity contribution in [2.75, 3.05) is 0 Å². The van der Waals surface area contributed by atoms with Crippen LogP contribution in [0.25, 0.3) is 0 Å². The van der Waals surface area contributed by atoms with Crippen molar-refractivity contribution in [3.8, 4) is 0 Å². The molecule has 0 fully saturated rings. The standard InChI is InChI=1S/C26H48O6/c1-19(15-13-11-12-14-16-21(27)30-24(2,3)4)17-20(23(29)32-26(8,9)10)18-22(28)31-25(5,6)7/h19-20H,11-18H2,1-10H3. The third kappa shape index (κ3) is 18.0. The molecule has 0 spiro atoms. The quantitative estimate of drug-likeness (QED) is 0.192. The zero-order valence-electron chi connectivity index (χ0n) is 22.3. The Morgan fingerprint density at radius 1 is 0.656 bits per heavy atom. The van der Waals surface area contributed by atoms with E-state index in [4.69, 9.17) is 14.2 Å². The Hall–Kier alpha value is -1.59. The number of hydrogen-bond acceptors (Lipinski definition) is 6. The first-order chi connectivity index (χ1) is 14.4. The molecular weight excluding hydrogens is 408 g/mol. The average Bonchev–Trinajstić information content (AvgIpc) is 2.52. The Balaban J connectivity index is 4.52. The van der Waals surface area contributed by atoms with Crippen LogP contribution in [0.4, 0.5) is 0 Å². The second-order valence-electron chi connectivity index (χ2n) is 11.9. The van der Waals surface area contributed by atoms with Crippen LogP contribution in [0.1, 0.15) is 121 Å².